The predicted molar refractivity (Wildman–Crippen MR) is 88.1 cm³/mol. The van der Waals surface area contributed by atoms with Crippen molar-refractivity contribution in [2.45, 2.75) is 26.7 Å². The van der Waals surface area contributed by atoms with E-state index in [1.807, 2.05) is 30.3 Å². The van der Waals surface area contributed by atoms with Crippen LogP contribution < -0.4 is 5.32 Å². The Morgan fingerprint density at radius 2 is 1.91 bits per heavy atom. The minimum absolute atomic E-state index is 0.120. The molecule has 0 aliphatic heterocycles. The van der Waals surface area contributed by atoms with Crippen LogP contribution in [0.2, 0.25) is 0 Å². The predicted octanol–water partition coefficient (Wildman–Crippen LogP) is 3.11. The number of rotatable bonds is 8. The van der Waals surface area contributed by atoms with Gasteiger partial charge in [-0.1, -0.05) is 36.4 Å². The Bertz CT molecular complexity index is 533. The van der Waals surface area contributed by atoms with Crippen molar-refractivity contribution in [1.29, 1.82) is 0 Å². The van der Waals surface area contributed by atoms with Gasteiger partial charge in [0.05, 0.1) is 6.61 Å². The van der Waals surface area contributed by atoms with E-state index in [-0.39, 0.29) is 11.9 Å². The maximum absolute atomic E-state index is 11.6. The Kier molecular flexibility index (Phi) is 8.35. The lowest BCUT2D eigenvalue weighted by Gasteiger charge is -2.05. The monoisotopic (exact) mass is 301 g/mol. The second-order valence-corrected chi connectivity index (χ2v) is 4.85. The molecular weight excluding hydrogens is 278 g/mol. The number of allylic oxidation sites excluding steroid dienone is 1. The number of ether oxygens (including phenoxy) is 1. The van der Waals surface area contributed by atoms with Gasteiger partial charge in [0.1, 0.15) is 0 Å². The molecule has 1 aromatic carbocycles. The standard InChI is InChI=1S/C18H23NO3/c1-3-15(2)18(21)22-14-8-7-13-19-17(20)12-11-16-9-5-4-6-10-16/h3-6,9-12H,7-8,13-14H2,1-2H3,(H,19,20)/b12-11+,15-3?. The van der Waals surface area contributed by atoms with Crippen LogP contribution in [0.25, 0.3) is 6.08 Å². The average Bonchev–Trinajstić information content (AvgIpc) is 2.56. The molecular formula is C18H23NO3. The number of unbranched alkanes of at least 4 members (excludes halogenated alkanes) is 1. The van der Waals surface area contributed by atoms with Crippen molar-refractivity contribution in [3.8, 4) is 0 Å². The summed E-state index contributed by atoms with van der Waals surface area (Å²) in [6.07, 6.45) is 6.52. The number of carbonyl (C=O) groups is 2. The zero-order valence-electron chi connectivity index (χ0n) is 13.2. The minimum atomic E-state index is -0.280. The van der Waals surface area contributed by atoms with Gasteiger partial charge in [0, 0.05) is 18.2 Å². The van der Waals surface area contributed by atoms with Crippen molar-refractivity contribution in [2.75, 3.05) is 13.2 Å². The quantitative estimate of drug-likeness (QED) is 0.456. The number of amides is 1. The molecule has 4 nitrogen and oxygen atoms in total. The average molecular weight is 301 g/mol. The van der Waals surface area contributed by atoms with Gasteiger partial charge in [0.15, 0.2) is 0 Å². The highest BCUT2D eigenvalue weighted by Crippen LogP contribution is 2.00. The van der Waals surface area contributed by atoms with Gasteiger partial charge in [0.2, 0.25) is 5.91 Å². The van der Waals surface area contributed by atoms with E-state index in [0.29, 0.717) is 18.7 Å². The van der Waals surface area contributed by atoms with Crippen LogP contribution in [-0.2, 0) is 14.3 Å². The largest absolute Gasteiger partial charge is 0.462 e. The Hall–Kier alpha value is -2.36. The molecule has 22 heavy (non-hydrogen) atoms. The number of hydrogen-bond donors (Lipinski definition) is 1. The number of carbonyl (C=O) groups excluding carboxylic acids is 2. The lowest BCUT2D eigenvalue weighted by molar-refractivity contribution is -0.139. The van der Waals surface area contributed by atoms with Crippen molar-refractivity contribution in [1.82, 2.24) is 5.32 Å². The highest BCUT2D eigenvalue weighted by Gasteiger charge is 2.03. The summed E-state index contributed by atoms with van der Waals surface area (Å²) in [5.74, 6) is -0.400. The van der Waals surface area contributed by atoms with Crippen LogP contribution >= 0.6 is 0 Å². The fourth-order valence-corrected chi connectivity index (χ4v) is 1.63. The van der Waals surface area contributed by atoms with Crippen molar-refractivity contribution in [3.05, 3.63) is 53.6 Å². The van der Waals surface area contributed by atoms with Gasteiger partial charge in [-0.3, -0.25) is 4.79 Å². The molecule has 1 N–H and O–H groups in total. The van der Waals surface area contributed by atoms with E-state index in [9.17, 15) is 9.59 Å². The van der Waals surface area contributed by atoms with E-state index >= 15 is 0 Å². The summed E-state index contributed by atoms with van der Waals surface area (Å²) in [5.41, 5.74) is 1.60. The lowest BCUT2D eigenvalue weighted by atomic mass is 10.2. The molecule has 0 radical (unpaired) electrons. The topological polar surface area (TPSA) is 55.4 Å². The van der Waals surface area contributed by atoms with Crippen LogP contribution in [0.15, 0.2) is 48.1 Å². The normalized spacial score (nSPS) is 11.5. The molecule has 0 unspecified atom stereocenters. The summed E-state index contributed by atoms with van der Waals surface area (Å²) in [4.78, 5) is 23.0. The van der Waals surface area contributed by atoms with Gasteiger partial charge < -0.3 is 10.1 Å². The fourth-order valence-electron chi connectivity index (χ4n) is 1.63. The number of hydrogen-bond acceptors (Lipinski definition) is 3. The first-order valence-corrected chi connectivity index (χ1v) is 7.44. The Labute approximate surface area is 131 Å². The molecule has 1 rings (SSSR count). The zero-order chi connectivity index (χ0) is 16.2. The summed E-state index contributed by atoms with van der Waals surface area (Å²) in [5, 5.41) is 2.80. The first-order valence-electron chi connectivity index (χ1n) is 7.44. The minimum Gasteiger partial charge on any atom is -0.462 e. The first kappa shape index (κ1) is 17.7. The smallest absolute Gasteiger partial charge is 0.333 e. The highest BCUT2D eigenvalue weighted by atomic mass is 16.5. The summed E-state index contributed by atoms with van der Waals surface area (Å²) >= 11 is 0. The van der Waals surface area contributed by atoms with E-state index in [0.717, 1.165) is 18.4 Å². The SMILES string of the molecule is CC=C(C)C(=O)OCCCCNC(=O)/C=C/c1ccccc1. The van der Waals surface area contributed by atoms with E-state index in [1.54, 1.807) is 26.0 Å². The molecule has 0 heterocycles. The lowest BCUT2D eigenvalue weighted by Crippen LogP contribution is -2.22. The van der Waals surface area contributed by atoms with Gasteiger partial charge in [-0.2, -0.15) is 0 Å². The molecule has 0 saturated carbocycles. The van der Waals surface area contributed by atoms with Crippen LogP contribution in [0.5, 0.6) is 0 Å². The van der Waals surface area contributed by atoms with E-state index in [1.165, 1.54) is 6.08 Å². The molecule has 1 amide bonds. The first-order chi connectivity index (χ1) is 10.6. The van der Waals surface area contributed by atoms with Crippen LogP contribution in [0, 0.1) is 0 Å². The van der Waals surface area contributed by atoms with Crippen LogP contribution in [0.1, 0.15) is 32.3 Å². The van der Waals surface area contributed by atoms with Crippen molar-refractivity contribution in [3.63, 3.8) is 0 Å². The van der Waals surface area contributed by atoms with Crippen LogP contribution in [0.4, 0.5) is 0 Å². The summed E-state index contributed by atoms with van der Waals surface area (Å²) < 4.78 is 5.07. The van der Waals surface area contributed by atoms with E-state index < -0.39 is 0 Å². The second-order valence-electron chi connectivity index (χ2n) is 4.85. The number of esters is 1. The third-order valence-electron chi connectivity index (χ3n) is 3.09. The van der Waals surface area contributed by atoms with Crippen LogP contribution in [-0.4, -0.2) is 25.0 Å². The van der Waals surface area contributed by atoms with Gasteiger partial charge in [-0.05, 0) is 38.3 Å². The second kappa shape index (κ2) is 10.4. The van der Waals surface area contributed by atoms with Gasteiger partial charge in [-0.25, -0.2) is 4.79 Å². The summed E-state index contributed by atoms with van der Waals surface area (Å²) in [7, 11) is 0. The number of nitrogens with one attached hydrogen (secondary N) is 1. The maximum Gasteiger partial charge on any atom is 0.333 e. The molecule has 0 saturated heterocycles. The summed E-state index contributed by atoms with van der Waals surface area (Å²) in [6, 6.07) is 9.65. The molecule has 118 valence electrons. The maximum atomic E-state index is 11.6. The zero-order valence-corrected chi connectivity index (χ0v) is 13.2. The van der Waals surface area contributed by atoms with E-state index in [2.05, 4.69) is 5.32 Å². The molecule has 0 atom stereocenters. The third-order valence-corrected chi connectivity index (χ3v) is 3.09. The molecule has 1 aromatic rings. The number of benzene rings is 1. The third kappa shape index (κ3) is 7.43. The molecule has 0 bridgehead atoms. The Morgan fingerprint density at radius 3 is 2.59 bits per heavy atom. The van der Waals surface area contributed by atoms with Crippen molar-refractivity contribution >= 4 is 18.0 Å². The molecule has 4 heteroatoms. The molecule has 0 aromatic heterocycles. The highest BCUT2D eigenvalue weighted by molar-refractivity contribution is 5.91. The van der Waals surface area contributed by atoms with Gasteiger partial charge in [0.25, 0.3) is 0 Å². The Balaban J connectivity index is 2.11. The van der Waals surface area contributed by atoms with Crippen molar-refractivity contribution in [2.24, 2.45) is 0 Å². The molecule has 0 aliphatic rings. The van der Waals surface area contributed by atoms with Crippen LogP contribution in [0.3, 0.4) is 0 Å². The summed E-state index contributed by atoms with van der Waals surface area (Å²) in [6.45, 7) is 4.47. The fraction of sp³-hybridized carbons (Fsp3) is 0.333. The van der Waals surface area contributed by atoms with E-state index in [4.69, 9.17) is 4.74 Å². The molecule has 0 spiro atoms. The Morgan fingerprint density at radius 1 is 1.18 bits per heavy atom. The van der Waals surface area contributed by atoms with Gasteiger partial charge in [-0.15, -0.1) is 0 Å². The molecule has 0 fully saturated rings. The van der Waals surface area contributed by atoms with Gasteiger partial charge >= 0.3 is 5.97 Å². The van der Waals surface area contributed by atoms with Crippen molar-refractivity contribution < 1.29 is 14.3 Å². The molecule has 0 aliphatic carbocycles.